The molecule has 0 radical (unpaired) electrons. The van der Waals surface area contributed by atoms with E-state index < -0.39 is 5.79 Å². The second-order valence-corrected chi connectivity index (χ2v) is 3.50. The average molecular weight is 193 g/mol. The second kappa shape index (κ2) is 2.99. The first-order valence-electron chi connectivity index (χ1n) is 4.34. The maximum absolute atomic E-state index is 9.52. The van der Waals surface area contributed by atoms with Crippen LogP contribution >= 0.6 is 0 Å². The van der Waals surface area contributed by atoms with Crippen LogP contribution in [0.4, 0.5) is 0 Å². The minimum atomic E-state index is -1.25. The lowest BCUT2D eigenvalue weighted by atomic mass is 10.0. The highest BCUT2D eigenvalue weighted by molar-refractivity contribution is 6.03. The van der Waals surface area contributed by atoms with E-state index in [2.05, 4.69) is 5.16 Å². The molecule has 1 aliphatic heterocycles. The van der Waals surface area contributed by atoms with Gasteiger partial charge in [0.1, 0.15) is 5.75 Å². The highest BCUT2D eigenvalue weighted by Crippen LogP contribution is 2.27. The summed E-state index contributed by atoms with van der Waals surface area (Å²) in [6.07, 6.45) is 0.282. The van der Waals surface area contributed by atoms with Crippen molar-refractivity contribution in [2.45, 2.75) is 19.1 Å². The summed E-state index contributed by atoms with van der Waals surface area (Å²) in [7, 11) is 0. The van der Waals surface area contributed by atoms with Crippen LogP contribution in [0, 0.1) is 0 Å². The summed E-state index contributed by atoms with van der Waals surface area (Å²) in [5, 5.41) is 22.7. The molecule has 0 spiro atoms. The van der Waals surface area contributed by atoms with Crippen LogP contribution in [0.1, 0.15) is 18.9 Å². The van der Waals surface area contributed by atoms with Gasteiger partial charge in [-0.1, -0.05) is 17.3 Å². The molecule has 0 bridgehead atoms. The average Bonchev–Trinajstić information content (AvgIpc) is 2.47. The molecule has 2 N–H and O–H groups in total. The summed E-state index contributed by atoms with van der Waals surface area (Å²) in [6.45, 7) is 1.53. The number of hydrogen-bond donors (Lipinski definition) is 2. The third-order valence-corrected chi connectivity index (χ3v) is 2.06. The zero-order valence-electron chi connectivity index (χ0n) is 7.77. The summed E-state index contributed by atoms with van der Waals surface area (Å²) >= 11 is 0. The van der Waals surface area contributed by atoms with Crippen LogP contribution in [0.2, 0.25) is 0 Å². The van der Waals surface area contributed by atoms with Gasteiger partial charge in [0.2, 0.25) is 5.79 Å². The molecule has 0 amide bonds. The predicted octanol–water partition coefficient (Wildman–Crippen LogP) is 1.23. The standard InChI is InChI=1S/C10H11NO3/c1-10(13)6-8(11-14-10)7-4-2-3-5-9(7)12/h2-5,12-13H,6H2,1H3. The van der Waals surface area contributed by atoms with Crippen LogP contribution in [0.3, 0.4) is 0 Å². The normalized spacial score (nSPS) is 25.7. The van der Waals surface area contributed by atoms with Crippen LogP contribution < -0.4 is 0 Å². The molecular weight excluding hydrogens is 182 g/mol. The van der Waals surface area contributed by atoms with Crippen LogP contribution in [-0.2, 0) is 4.84 Å². The Morgan fingerprint density at radius 2 is 2.14 bits per heavy atom. The lowest BCUT2D eigenvalue weighted by molar-refractivity contribution is -0.170. The van der Waals surface area contributed by atoms with E-state index in [1.165, 1.54) is 6.92 Å². The second-order valence-electron chi connectivity index (χ2n) is 3.50. The zero-order valence-corrected chi connectivity index (χ0v) is 7.77. The molecule has 0 saturated carbocycles. The number of benzene rings is 1. The van der Waals surface area contributed by atoms with Gasteiger partial charge in [0.25, 0.3) is 0 Å². The number of aliphatic hydroxyl groups is 1. The lowest BCUT2D eigenvalue weighted by Gasteiger charge is -2.11. The molecule has 1 aromatic rings. The van der Waals surface area contributed by atoms with E-state index in [1.807, 2.05) is 0 Å². The highest BCUT2D eigenvalue weighted by atomic mass is 16.7. The molecular formula is C10H11NO3. The van der Waals surface area contributed by atoms with Crippen molar-refractivity contribution in [3.8, 4) is 5.75 Å². The molecule has 14 heavy (non-hydrogen) atoms. The van der Waals surface area contributed by atoms with E-state index in [1.54, 1.807) is 24.3 Å². The third kappa shape index (κ3) is 1.56. The number of hydrogen-bond acceptors (Lipinski definition) is 4. The Morgan fingerprint density at radius 3 is 2.71 bits per heavy atom. The van der Waals surface area contributed by atoms with Crippen molar-refractivity contribution >= 4 is 5.71 Å². The lowest BCUT2D eigenvalue weighted by Crippen LogP contribution is -2.23. The van der Waals surface area contributed by atoms with Gasteiger partial charge in [0, 0.05) is 12.5 Å². The molecule has 0 fully saturated rings. The first-order valence-corrected chi connectivity index (χ1v) is 4.34. The summed E-state index contributed by atoms with van der Waals surface area (Å²) in [4.78, 5) is 4.79. The fraction of sp³-hybridized carbons (Fsp3) is 0.300. The highest BCUT2D eigenvalue weighted by Gasteiger charge is 2.32. The maximum atomic E-state index is 9.52. The fourth-order valence-electron chi connectivity index (χ4n) is 1.39. The molecule has 1 aromatic carbocycles. The molecule has 4 nitrogen and oxygen atoms in total. The van der Waals surface area contributed by atoms with Crippen LogP contribution in [0.5, 0.6) is 5.75 Å². The topological polar surface area (TPSA) is 62.0 Å². The number of aromatic hydroxyl groups is 1. The molecule has 74 valence electrons. The molecule has 1 heterocycles. The van der Waals surface area contributed by atoms with Gasteiger partial charge >= 0.3 is 0 Å². The summed E-state index contributed by atoms with van der Waals surface area (Å²) in [5.41, 5.74) is 1.17. The molecule has 0 aliphatic carbocycles. The van der Waals surface area contributed by atoms with Crippen LogP contribution in [0.25, 0.3) is 0 Å². The summed E-state index contributed by atoms with van der Waals surface area (Å²) < 4.78 is 0. The van der Waals surface area contributed by atoms with Crippen molar-refractivity contribution in [2.24, 2.45) is 5.16 Å². The summed E-state index contributed by atoms with van der Waals surface area (Å²) in [6, 6.07) is 6.84. The van der Waals surface area contributed by atoms with E-state index >= 15 is 0 Å². The van der Waals surface area contributed by atoms with Gasteiger partial charge in [-0.25, -0.2) is 0 Å². The molecule has 1 atom stereocenters. The Bertz CT molecular complexity index is 385. The Kier molecular flexibility index (Phi) is 1.93. The van der Waals surface area contributed by atoms with Crippen molar-refractivity contribution in [3.63, 3.8) is 0 Å². The van der Waals surface area contributed by atoms with Crippen LogP contribution in [-0.4, -0.2) is 21.7 Å². The number of phenolic OH excluding ortho intramolecular Hbond substituents is 1. The zero-order chi connectivity index (χ0) is 10.2. The molecule has 1 unspecified atom stereocenters. The smallest absolute Gasteiger partial charge is 0.237 e. The van der Waals surface area contributed by atoms with Crippen molar-refractivity contribution in [2.75, 3.05) is 0 Å². The monoisotopic (exact) mass is 193 g/mol. The molecule has 1 aliphatic rings. The molecule has 4 heteroatoms. The Hall–Kier alpha value is -1.55. The van der Waals surface area contributed by atoms with E-state index in [9.17, 15) is 10.2 Å². The SMILES string of the molecule is CC1(O)CC(c2ccccc2O)=NO1. The van der Waals surface area contributed by atoms with E-state index in [0.717, 1.165) is 0 Å². The fourth-order valence-corrected chi connectivity index (χ4v) is 1.39. The number of phenols is 1. The summed E-state index contributed by atoms with van der Waals surface area (Å²) in [5.74, 6) is -1.11. The number of nitrogens with zero attached hydrogens (tertiary/aromatic N) is 1. The minimum absolute atomic E-state index is 0.146. The van der Waals surface area contributed by atoms with E-state index in [4.69, 9.17) is 4.84 Å². The number of oxime groups is 1. The van der Waals surface area contributed by atoms with E-state index in [0.29, 0.717) is 11.3 Å². The van der Waals surface area contributed by atoms with Gasteiger partial charge in [-0.3, -0.25) is 0 Å². The van der Waals surface area contributed by atoms with Crippen molar-refractivity contribution in [3.05, 3.63) is 29.8 Å². The third-order valence-electron chi connectivity index (χ3n) is 2.06. The Balaban J connectivity index is 2.30. The minimum Gasteiger partial charge on any atom is -0.507 e. The maximum Gasteiger partial charge on any atom is 0.237 e. The van der Waals surface area contributed by atoms with Gasteiger partial charge in [0.05, 0.1) is 12.1 Å². The van der Waals surface area contributed by atoms with Crippen LogP contribution in [0.15, 0.2) is 29.4 Å². The van der Waals surface area contributed by atoms with Gasteiger partial charge in [-0.15, -0.1) is 0 Å². The van der Waals surface area contributed by atoms with Crippen molar-refractivity contribution < 1.29 is 15.1 Å². The quantitative estimate of drug-likeness (QED) is 0.705. The van der Waals surface area contributed by atoms with Gasteiger partial charge in [-0.2, -0.15) is 0 Å². The number of para-hydroxylation sites is 1. The number of rotatable bonds is 1. The van der Waals surface area contributed by atoms with Gasteiger partial charge < -0.3 is 15.1 Å². The predicted molar refractivity (Wildman–Crippen MR) is 51.0 cm³/mol. The van der Waals surface area contributed by atoms with Gasteiger partial charge in [-0.05, 0) is 12.1 Å². The first-order chi connectivity index (χ1) is 6.58. The largest absolute Gasteiger partial charge is 0.507 e. The Labute approximate surface area is 81.4 Å². The first kappa shape index (κ1) is 9.02. The van der Waals surface area contributed by atoms with Crippen molar-refractivity contribution in [1.29, 1.82) is 0 Å². The molecule has 0 aromatic heterocycles. The van der Waals surface area contributed by atoms with E-state index in [-0.39, 0.29) is 12.2 Å². The molecule has 0 saturated heterocycles. The Morgan fingerprint density at radius 1 is 1.43 bits per heavy atom. The van der Waals surface area contributed by atoms with Gasteiger partial charge in [0.15, 0.2) is 0 Å². The molecule has 2 rings (SSSR count). The van der Waals surface area contributed by atoms with Crippen molar-refractivity contribution in [1.82, 2.24) is 0 Å².